The summed E-state index contributed by atoms with van der Waals surface area (Å²) in [5.74, 6) is -0.0823. The third-order valence-corrected chi connectivity index (χ3v) is 5.52. The van der Waals surface area contributed by atoms with Crippen LogP contribution in [0, 0.1) is 13.8 Å². The van der Waals surface area contributed by atoms with Crippen LogP contribution < -0.4 is 20.7 Å². The highest BCUT2D eigenvalue weighted by Gasteiger charge is 2.35. The average molecular weight is 512 g/mol. The topological polar surface area (TPSA) is 117 Å². The van der Waals surface area contributed by atoms with Gasteiger partial charge in [0.25, 0.3) is 5.91 Å². The third kappa shape index (κ3) is 5.63. The summed E-state index contributed by atoms with van der Waals surface area (Å²) in [6.07, 6.45) is -3.96. The summed E-state index contributed by atoms with van der Waals surface area (Å²) in [4.78, 5) is 19.7. The normalized spacial score (nSPS) is 11.2. The van der Waals surface area contributed by atoms with E-state index < -0.39 is 17.6 Å². The molecule has 0 spiro atoms. The molecule has 192 valence electrons. The van der Waals surface area contributed by atoms with E-state index in [0.717, 1.165) is 16.7 Å². The van der Waals surface area contributed by atoms with Gasteiger partial charge in [-0.1, -0.05) is 12.1 Å². The van der Waals surface area contributed by atoms with Gasteiger partial charge in [-0.25, -0.2) is 4.98 Å². The highest BCUT2D eigenvalue weighted by Crippen LogP contribution is 2.37. The number of H-pyrrole nitrogens is 1. The molecule has 0 saturated heterocycles. The molecule has 0 aliphatic rings. The van der Waals surface area contributed by atoms with Crippen molar-refractivity contribution < 1.29 is 22.7 Å². The molecule has 0 aliphatic heterocycles. The first-order valence-corrected chi connectivity index (χ1v) is 11.1. The smallest absolute Gasteiger partial charge is 0.421 e. The minimum Gasteiger partial charge on any atom is -0.495 e. The number of benzene rings is 2. The fourth-order valence-electron chi connectivity index (χ4n) is 3.68. The van der Waals surface area contributed by atoms with Crippen LogP contribution in [0.1, 0.15) is 27.2 Å². The van der Waals surface area contributed by atoms with E-state index in [4.69, 9.17) is 4.74 Å². The summed E-state index contributed by atoms with van der Waals surface area (Å²) in [7, 11) is 3.04. The first-order chi connectivity index (χ1) is 17.6. The van der Waals surface area contributed by atoms with Gasteiger partial charge >= 0.3 is 6.18 Å². The van der Waals surface area contributed by atoms with Crippen LogP contribution in [0.3, 0.4) is 0 Å². The van der Waals surface area contributed by atoms with Crippen molar-refractivity contribution in [3.8, 4) is 16.9 Å². The maximum atomic E-state index is 13.6. The first kappa shape index (κ1) is 25.5. The molecule has 1 amide bonds. The van der Waals surface area contributed by atoms with Gasteiger partial charge in [-0.3, -0.25) is 9.89 Å². The lowest BCUT2D eigenvalue weighted by Crippen LogP contribution is -2.17. The lowest BCUT2D eigenvalue weighted by molar-refractivity contribution is -0.137. The molecule has 2 heterocycles. The zero-order valence-electron chi connectivity index (χ0n) is 20.4. The Morgan fingerprint density at radius 2 is 1.78 bits per heavy atom. The zero-order chi connectivity index (χ0) is 26.7. The fourth-order valence-corrected chi connectivity index (χ4v) is 3.68. The molecule has 2 aromatic carbocycles. The van der Waals surface area contributed by atoms with Crippen molar-refractivity contribution in [2.45, 2.75) is 20.0 Å². The fraction of sp³-hybridized carbons (Fsp3) is 0.200. The summed E-state index contributed by atoms with van der Waals surface area (Å²) >= 11 is 0. The molecule has 37 heavy (non-hydrogen) atoms. The van der Waals surface area contributed by atoms with Crippen molar-refractivity contribution in [1.82, 2.24) is 25.5 Å². The molecule has 0 saturated carbocycles. The molecule has 0 fully saturated rings. The van der Waals surface area contributed by atoms with Crippen LogP contribution in [-0.2, 0) is 6.18 Å². The van der Waals surface area contributed by atoms with Crippen LogP contribution in [0.2, 0.25) is 0 Å². The van der Waals surface area contributed by atoms with Gasteiger partial charge in [0.15, 0.2) is 5.82 Å². The highest BCUT2D eigenvalue weighted by molar-refractivity contribution is 5.94. The van der Waals surface area contributed by atoms with Crippen molar-refractivity contribution >= 4 is 29.2 Å². The van der Waals surface area contributed by atoms with E-state index in [-0.39, 0.29) is 17.7 Å². The van der Waals surface area contributed by atoms with Crippen LogP contribution in [0.5, 0.6) is 5.75 Å². The van der Waals surface area contributed by atoms with E-state index in [1.807, 2.05) is 19.1 Å². The number of anilines is 4. The lowest BCUT2D eigenvalue weighted by atomic mass is 9.98. The van der Waals surface area contributed by atoms with Gasteiger partial charge in [0.2, 0.25) is 5.95 Å². The van der Waals surface area contributed by atoms with Crippen LogP contribution in [-0.4, -0.2) is 40.2 Å². The largest absolute Gasteiger partial charge is 0.495 e. The number of rotatable bonds is 7. The monoisotopic (exact) mass is 511 g/mol. The number of ether oxygens (including phenoxy) is 1. The number of methoxy groups -OCH3 is 1. The third-order valence-electron chi connectivity index (χ3n) is 5.52. The summed E-state index contributed by atoms with van der Waals surface area (Å²) in [6.45, 7) is 3.61. The Morgan fingerprint density at radius 3 is 2.38 bits per heavy atom. The molecule has 4 aromatic rings. The van der Waals surface area contributed by atoms with Crippen LogP contribution in [0.4, 0.5) is 36.4 Å². The van der Waals surface area contributed by atoms with Crippen molar-refractivity contribution in [3.63, 3.8) is 0 Å². The molecule has 0 aliphatic carbocycles. The van der Waals surface area contributed by atoms with Gasteiger partial charge in [-0.05, 0) is 54.8 Å². The Labute approximate surface area is 210 Å². The maximum absolute atomic E-state index is 13.6. The lowest BCUT2D eigenvalue weighted by Gasteiger charge is -2.17. The SMILES string of the molecule is CNC(=O)c1ccc(-c2cc(OC)c(Nc3ncc(C(F)(F)F)c(Nc4cc(C)[nH]n4)n3)cc2C)cc1. The van der Waals surface area contributed by atoms with E-state index in [1.165, 1.54) is 7.11 Å². The van der Waals surface area contributed by atoms with Gasteiger partial charge < -0.3 is 20.7 Å². The maximum Gasteiger partial charge on any atom is 0.421 e. The molecular weight excluding hydrogens is 487 g/mol. The number of halogens is 3. The molecular formula is C25H24F3N7O2. The van der Waals surface area contributed by atoms with Crippen LogP contribution >= 0.6 is 0 Å². The van der Waals surface area contributed by atoms with Gasteiger partial charge in [0.1, 0.15) is 17.1 Å². The number of carbonyl (C=O) groups excluding carboxylic acids is 1. The first-order valence-electron chi connectivity index (χ1n) is 11.1. The molecule has 12 heteroatoms. The Morgan fingerprint density at radius 1 is 1.05 bits per heavy atom. The second-order valence-electron chi connectivity index (χ2n) is 8.16. The number of hydrogen-bond acceptors (Lipinski definition) is 7. The van der Waals surface area contributed by atoms with Gasteiger partial charge in [0.05, 0.1) is 12.8 Å². The van der Waals surface area contributed by atoms with Gasteiger partial charge in [0, 0.05) is 30.6 Å². The molecule has 0 radical (unpaired) electrons. The predicted molar refractivity (Wildman–Crippen MR) is 133 cm³/mol. The van der Waals surface area contributed by atoms with Crippen molar-refractivity contribution in [2.24, 2.45) is 0 Å². The molecule has 0 unspecified atom stereocenters. The number of nitrogens with one attached hydrogen (secondary N) is 4. The highest BCUT2D eigenvalue weighted by atomic mass is 19.4. The zero-order valence-corrected chi connectivity index (χ0v) is 20.4. The Bertz CT molecular complexity index is 1430. The molecule has 0 atom stereocenters. The second-order valence-corrected chi connectivity index (χ2v) is 8.16. The van der Waals surface area contributed by atoms with Crippen LogP contribution in [0.15, 0.2) is 48.7 Å². The summed E-state index contributed by atoms with van der Waals surface area (Å²) in [6, 6.07) is 12.2. The number of alkyl halides is 3. The molecule has 9 nitrogen and oxygen atoms in total. The van der Waals surface area contributed by atoms with E-state index >= 15 is 0 Å². The Hall–Kier alpha value is -4.61. The van der Waals surface area contributed by atoms with Gasteiger partial charge in [-0.15, -0.1) is 0 Å². The predicted octanol–water partition coefficient (Wildman–Crippen LogP) is 5.36. The Kier molecular flexibility index (Phi) is 7.00. The molecule has 4 rings (SSSR count). The molecule has 0 bridgehead atoms. The summed E-state index contributed by atoms with van der Waals surface area (Å²) < 4.78 is 46.2. The van der Waals surface area contributed by atoms with E-state index in [1.54, 1.807) is 44.3 Å². The standard InChI is InChI=1S/C25H24F3N7O2/c1-13-9-19(20(37-4)11-17(13)15-5-7-16(8-6-15)23(36)29-3)31-24-30-12-18(25(26,27)28)22(33-24)32-21-10-14(2)34-35-21/h5-12H,1-4H3,(H,29,36)(H3,30,31,32,33,34,35). The molecule has 2 aromatic heterocycles. The number of aromatic amines is 1. The number of amides is 1. The number of aromatic nitrogens is 4. The Balaban J connectivity index is 1.66. The van der Waals surface area contributed by atoms with Gasteiger partial charge in [-0.2, -0.15) is 23.3 Å². The van der Waals surface area contributed by atoms with E-state index in [0.29, 0.717) is 28.9 Å². The van der Waals surface area contributed by atoms with Crippen molar-refractivity contribution in [1.29, 1.82) is 0 Å². The quantitative estimate of drug-likeness (QED) is 0.264. The summed E-state index contributed by atoms with van der Waals surface area (Å²) in [5.41, 5.74) is 3.21. The second kappa shape index (κ2) is 10.2. The minimum atomic E-state index is -4.67. The van der Waals surface area contributed by atoms with Crippen molar-refractivity contribution in [3.05, 3.63) is 71.0 Å². The van der Waals surface area contributed by atoms with E-state index in [9.17, 15) is 18.0 Å². The summed E-state index contributed by atoms with van der Waals surface area (Å²) in [5, 5.41) is 14.7. The minimum absolute atomic E-state index is 0.0665. The number of hydrogen-bond donors (Lipinski definition) is 4. The van der Waals surface area contributed by atoms with Crippen molar-refractivity contribution in [2.75, 3.05) is 24.8 Å². The number of carbonyl (C=O) groups is 1. The van der Waals surface area contributed by atoms with Crippen LogP contribution in [0.25, 0.3) is 11.1 Å². The average Bonchev–Trinajstić information content (AvgIpc) is 3.27. The number of aryl methyl sites for hydroxylation is 2. The number of nitrogens with zero attached hydrogens (tertiary/aromatic N) is 3. The van der Waals surface area contributed by atoms with E-state index in [2.05, 4.69) is 36.1 Å². The molecule has 4 N–H and O–H groups in total.